The molecule has 8 nitrogen and oxygen atoms in total. The second-order valence-corrected chi connectivity index (χ2v) is 6.02. The van der Waals surface area contributed by atoms with E-state index < -0.39 is 4.92 Å². The molecule has 25 heavy (non-hydrogen) atoms. The third-order valence-electron chi connectivity index (χ3n) is 3.18. The van der Waals surface area contributed by atoms with Crippen molar-refractivity contribution in [3.05, 3.63) is 64.2 Å². The molecule has 0 aliphatic carbocycles. The van der Waals surface area contributed by atoms with Gasteiger partial charge in [0, 0.05) is 17.7 Å². The topological polar surface area (TPSA) is 110 Å². The average Bonchev–Trinajstić information content (AvgIpc) is 3.03. The summed E-state index contributed by atoms with van der Waals surface area (Å²) in [4.78, 5) is 26.4. The van der Waals surface area contributed by atoms with Gasteiger partial charge < -0.3 is 5.32 Å². The predicted molar refractivity (Wildman–Crippen MR) is 96.9 cm³/mol. The molecule has 3 aromatic rings. The molecule has 126 valence electrons. The zero-order chi connectivity index (χ0) is 17.6. The number of non-ortho nitro benzene ring substituents is 1. The molecule has 0 atom stereocenters. The Morgan fingerprint density at radius 2 is 2.12 bits per heavy atom. The van der Waals surface area contributed by atoms with E-state index in [-0.39, 0.29) is 18.1 Å². The Morgan fingerprint density at radius 3 is 2.92 bits per heavy atom. The molecular weight excluding hydrogens is 342 g/mol. The zero-order valence-corrected chi connectivity index (χ0v) is 13.7. The van der Waals surface area contributed by atoms with E-state index in [9.17, 15) is 14.9 Å². The molecule has 0 fully saturated rings. The second kappa shape index (κ2) is 7.49. The fraction of sp³-hybridized carbons (Fsp3) is 0.0625. The number of fused-ring (bicyclic) bond motifs is 1. The third kappa shape index (κ3) is 4.36. The number of nitro benzene ring substituents is 1. The van der Waals surface area contributed by atoms with Gasteiger partial charge in [0.15, 0.2) is 5.13 Å². The summed E-state index contributed by atoms with van der Waals surface area (Å²) in [5, 5.41) is 18.1. The molecule has 0 radical (unpaired) electrons. The molecule has 1 amide bonds. The van der Waals surface area contributed by atoms with E-state index in [4.69, 9.17) is 0 Å². The number of carbonyl (C=O) groups is 1. The maximum Gasteiger partial charge on any atom is 0.270 e. The van der Waals surface area contributed by atoms with Crippen LogP contribution in [0, 0.1) is 10.1 Å². The Morgan fingerprint density at radius 1 is 1.28 bits per heavy atom. The van der Waals surface area contributed by atoms with Crippen LogP contribution >= 0.6 is 11.3 Å². The summed E-state index contributed by atoms with van der Waals surface area (Å²) in [6, 6.07) is 13.7. The first kappa shape index (κ1) is 16.5. The molecule has 2 aromatic carbocycles. The fourth-order valence-corrected chi connectivity index (χ4v) is 2.90. The number of hydrogen-bond donors (Lipinski definition) is 2. The number of benzene rings is 2. The van der Waals surface area contributed by atoms with Crippen molar-refractivity contribution in [2.45, 2.75) is 0 Å². The van der Waals surface area contributed by atoms with E-state index in [1.807, 2.05) is 24.3 Å². The normalized spacial score (nSPS) is 10.9. The number of nitrogens with one attached hydrogen (secondary N) is 2. The summed E-state index contributed by atoms with van der Waals surface area (Å²) in [5.41, 5.74) is 3.72. The van der Waals surface area contributed by atoms with Crippen LogP contribution in [0.15, 0.2) is 53.6 Å². The molecule has 0 unspecified atom stereocenters. The van der Waals surface area contributed by atoms with Crippen molar-refractivity contribution in [3.63, 3.8) is 0 Å². The van der Waals surface area contributed by atoms with Crippen LogP contribution in [0.2, 0.25) is 0 Å². The summed E-state index contributed by atoms with van der Waals surface area (Å²) >= 11 is 1.46. The van der Waals surface area contributed by atoms with E-state index in [0.29, 0.717) is 10.7 Å². The highest BCUT2D eigenvalue weighted by Crippen LogP contribution is 2.24. The number of nitro groups is 1. The number of hydrogen-bond acceptors (Lipinski definition) is 7. The zero-order valence-electron chi connectivity index (χ0n) is 12.9. The molecule has 1 heterocycles. The van der Waals surface area contributed by atoms with Gasteiger partial charge in [0.25, 0.3) is 11.6 Å². The van der Waals surface area contributed by atoms with Gasteiger partial charge in [-0.2, -0.15) is 5.10 Å². The van der Waals surface area contributed by atoms with E-state index in [2.05, 4.69) is 20.8 Å². The third-order valence-corrected chi connectivity index (χ3v) is 4.17. The van der Waals surface area contributed by atoms with E-state index in [1.54, 1.807) is 12.1 Å². The van der Waals surface area contributed by atoms with Gasteiger partial charge in [0.2, 0.25) is 0 Å². The predicted octanol–water partition coefficient (Wildman–Crippen LogP) is 2.77. The summed E-state index contributed by atoms with van der Waals surface area (Å²) in [6.45, 7) is 0.0199. The van der Waals surface area contributed by atoms with Crippen molar-refractivity contribution < 1.29 is 9.72 Å². The second-order valence-electron chi connectivity index (χ2n) is 4.99. The smallest absolute Gasteiger partial charge is 0.270 e. The largest absolute Gasteiger partial charge is 0.352 e. The van der Waals surface area contributed by atoms with Gasteiger partial charge in [0.1, 0.15) is 0 Å². The molecule has 0 bridgehead atoms. The fourth-order valence-electron chi connectivity index (χ4n) is 2.04. The van der Waals surface area contributed by atoms with Gasteiger partial charge in [-0.1, -0.05) is 35.6 Å². The number of para-hydroxylation sites is 1. The van der Waals surface area contributed by atoms with E-state index in [0.717, 1.165) is 10.2 Å². The summed E-state index contributed by atoms with van der Waals surface area (Å²) in [5.74, 6) is -0.346. The highest BCUT2D eigenvalue weighted by atomic mass is 32.1. The Hall–Kier alpha value is -3.33. The summed E-state index contributed by atoms with van der Waals surface area (Å²) in [6.07, 6.45) is 1.35. The molecule has 0 aliphatic heterocycles. The first-order chi connectivity index (χ1) is 12.1. The first-order valence-corrected chi connectivity index (χ1v) is 8.09. The lowest BCUT2D eigenvalue weighted by Crippen LogP contribution is -2.25. The van der Waals surface area contributed by atoms with Crippen LogP contribution in [-0.2, 0) is 4.79 Å². The number of amides is 1. The molecule has 3 rings (SSSR count). The van der Waals surface area contributed by atoms with Crippen LogP contribution in [0.1, 0.15) is 5.56 Å². The number of carbonyl (C=O) groups excluding carboxylic acids is 1. The summed E-state index contributed by atoms with van der Waals surface area (Å²) < 4.78 is 1.04. The maximum absolute atomic E-state index is 11.8. The van der Waals surface area contributed by atoms with Crippen LogP contribution in [0.4, 0.5) is 10.8 Å². The highest BCUT2D eigenvalue weighted by molar-refractivity contribution is 7.22. The molecule has 2 N–H and O–H groups in total. The Kier molecular flexibility index (Phi) is 4.95. The van der Waals surface area contributed by atoms with Crippen molar-refractivity contribution in [1.82, 2.24) is 10.4 Å². The number of hydrazone groups is 1. The Balaban J connectivity index is 1.52. The quantitative estimate of drug-likeness (QED) is 0.401. The number of aromatic nitrogens is 1. The lowest BCUT2D eigenvalue weighted by molar-refractivity contribution is -0.384. The molecule has 9 heteroatoms. The molecule has 1 aromatic heterocycles. The average molecular weight is 355 g/mol. The van der Waals surface area contributed by atoms with Crippen molar-refractivity contribution in [2.24, 2.45) is 5.10 Å². The van der Waals surface area contributed by atoms with Crippen LogP contribution in [0.3, 0.4) is 0 Å². The van der Waals surface area contributed by atoms with Gasteiger partial charge in [-0.3, -0.25) is 14.9 Å². The van der Waals surface area contributed by atoms with Gasteiger partial charge in [-0.05, 0) is 12.1 Å². The van der Waals surface area contributed by atoms with Crippen molar-refractivity contribution in [3.8, 4) is 0 Å². The molecule has 0 spiro atoms. The van der Waals surface area contributed by atoms with Gasteiger partial charge in [-0.25, -0.2) is 10.4 Å². The SMILES string of the molecule is O=C(CNc1nc2ccccc2s1)N/N=C\c1cccc([N+](=O)[O-])c1. The lowest BCUT2D eigenvalue weighted by atomic mass is 10.2. The van der Waals surface area contributed by atoms with Crippen LogP contribution in [-0.4, -0.2) is 28.6 Å². The molecular formula is C16H13N5O3S. The monoisotopic (exact) mass is 355 g/mol. The maximum atomic E-state index is 11.8. The van der Waals surface area contributed by atoms with E-state index in [1.165, 1.54) is 29.7 Å². The number of anilines is 1. The summed E-state index contributed by atoms with van der Waals surface area (Å²) in [7, 11) is 0. The Bertz CT molecular complexity index is 921. The van der Waals surface area contributed by atoms with Gasteiger partial charge in [-0.15, -0.1) is 0 Å². The first-order valence-electron chi connectivity index (χ1n) is 7.27. The molecule has 0 saturated carbocycles. The minimum atomic E-state index is -0.488. The lowest BCUT2D eigenvalue weighted by Gasteiger charge is -2.00. The highest BCUT2D eigenvalue weighted by Gasteiger charge is 2.06. The van der Waals surface area contributed by atoms with E-state index >= 15 is 0 Å². The van der Waals surface area contributed by atoms with Crippen molar-refractivity contribution in [1.29, 1.82) is 0 Å². The number of thiazole rings is 1. The van der Waals surface area contributed by atoms with Crippen LogP contribution in [0.25, 0.3) is 10.2 Å². The minimum absolute atomic E-state index is 0.0199. The van der Waals surface area contributed by atoms with Crippen molar-refractivity contribution in [2.75, 3.05) is 11.9 Å². The van der Waals surface area contributed by atoms with Crippen LogP contribution < -0.4 is 10.7 Å². The van der Waals surface area contributed by atoms with Gasteiger partial charge in [0.05, 0.1) is 27.9 Å². The van der Waals surface area contributed by atoms with Crippen LogP contribution in [0.5, 0.6) is 0 Å². The Labute approximate surface area is 146 Å². The minimum Gasteiger partial charge on any atom is -0.352 e. The number of rotatable bonds is 6. The standard InChI is InChI=1S/C16H13N5O3S/c22-15(10-17-16-19-13-6-1-2-7-14(13)25-16)20-18-9-11-4-3-5-12(8-11)21(23)24/h1-9H,10H2,(H,17,19)(H,20,22)/b18-9-. The van der Waals surface area contributed by atoms with Gasteiger partial charge >= 0.3 is 0 Å². The van der Waals surface area contributed by atoms with Crippen molar-refractivity contribution >= 4 is 44.5 Å². The molecule has 0 aliphatic rings. The molecule has 0 saturated heterocycles. The number of nitrogens with zero attached hydrogens (tertiary/aromatic N) is 3.